The van der Waals surface area contributed by atoms with Crippen molar-refractivity contribution in [3.8, 4) is 16.8 Å². The third kappa shape index (κ3) is 5.18. The molecule has 0 spiro atoms. The average molecular weight is 611 g/mol. The number of aliphatic hydroxyl groups is 3. The van der Waals surface area contributed by atoms with Crippen molar-refractivity contribution in [2.75, 3.05) is 13.7 Å². The van der Waals surface area contributed by atoms with Crippen LogP contribution in [0.4, 0.5) is 8.78 Å². The standard InChI is InChI=1S/C25H22Cl2F2N6O6/c1-10-32-24(35(33-10)15-5-12(26)7-30-19(15)25(39)40-2)23-22(38)20(21(37)16(9-36)41-23)34-8-11(6-31-34)13-3-4-14(27)18(29)17(13)28/h3-8,16,20-23,36-38H,9H2,1-2H3/t16-,20+,21+,22-,23-/m1/s1. The number of ether oxygens (including phenoxy) is 2. The number of aliphatic hydroxyl groups excluding tert-OH is 3. The van der Waals surface area contributed by atoms with Crippen LogP contribution >= 0.6 is 23.2 Å². The molecule has 3 N–H and O–H groups in total. The number of hydrogen-bond acceptors (Lipinski definition) is 10. The predicted octanol–water partition coefficient (Wildman–Crippen LogP) is 2.60. The van der Waals surface area contributed by atoms with Gasteiger partial charge in [-0.25, -0.2) is 28.2 Å². The van der Waals surface area contributed by atoms with Crippen LogP contribution in [0.5, 0.6) is 0 Å². The van der Waals surface area contributed by atoms with Crippen molar-refractivity contribution in [3.63, 3.8) is 0 Å². The minimum atomic E-state index is -1.58. The summed E-state index contributed by atoms with van der Waals surface area (Å²) in [6.45, 7) is 0.895. The zero-order valence-electron chi connectivity index (χ0n) is 21.3. The van der Waals surface area contributed by atoms with E-state index in [4.69, 9.17) is 32.7 Å². The number of hydrogen-bond donors (Lipinski definition) is 3. The quantitative estimate of drug-likeness (QED) is 0.219. The van der Waals surface area contributed by atoms with Crippen LogP contribution in [0.1, 0.15) is 34.3 Å². The minimum Gasteiger partial charge on any atom is -0.464 e. The minimum absolute atomic E-state index is 0.0160. The largest absolute Gasteiger partial charge is 0.464 e. The van der Waals surface area contributed by atoms with Crippen LogP contribution in [0, 0.1) is 18.6 Å². The molecule has 5 rings (SSSR count). The molecule has 0 amide bonds. The van der Waals surface area contributed by atoms with E-state index in [9.17, 15) is 28.9 Å². The van der Waals surface area contributed by atoms with E-state index in [1.54, 1.807) is 6.92 Å². The zero-order valence-corrected chi connectivity index (χ0v) is 22.8. The molecule has 1 aliphatic heterocycles. The molecule has 4 heterocycles. The molecule has 12 nitrogen and oxygen atoms in total. The first kappa shape index (κ1) is 29.0. The first-order chi connectivity index (χ1) is 19.5. The molecule has 1 aliphatic rings. The van der Waals surface area contributed by atoms with Crippen molar-refractivity contribution in [1.82, 2.24) is 29.5 Å². The Balaban J connectivity index is 1.58. The molecule has 3 aromatic heterocycles. The monoisotopic (exact) mass is 610 g/mol. The summed E-state index contributed by atoms with van der Waals surface area (Å²) in [4.78, 5) is 20.8. The number of pyridine rings is 1. The van der Waals surface area contributed by atoms with Gasteiger partial charge >= 0.3 is 5.97 Å². The fourth-order valence-electron chi connectivity index (χ4n) is 4.65. The topological polar surface area (TPSA) is 158 Å². The Labute approximate surface area is 240 Å². The summed E-state index contributed by atoms with van der Waals surface area (Å²) in [6.07, 6.45) is -1.91. The van der Waals surface area contributed by atoms with Gasteiger partial charge in [-0.05, 0) is 25.1 Å². The average Bonchev–Trinajstić information content (AvgIpc) is 3.58. The Bertz CT molecular complexity index is 1620. The maximum atomic E-state index is 14.6. The number of nitrogens with zero attached hydrogens (tertiary/aromatic N) is 6. The molecule has 0 aliphatic carbocycles. The SMILES string of the molecule is COC(=O)c1ncc(Cl)cc1-n1nc(C)nc1[C@@H]1O[C@H](CO)[C@H](O)[C@H](n2cc(-c3ccc(Cl)c(F)c3F)cn2)[C@H]1O. The smallest absolute Gasteiger partial charge is 0.358 e. The molecule has 5 atom stereocenters. The second-order valence-corrected chi connectivity index (χ2v) is 9.97. The Kier molecular flexibility index (Phi) is 8.05. The number of aromatic nitrogens is 6. The van der Waals surface area contributed by atoms with E-state index in [1.165, 1.54) is 48.6 Å². The van der Waals surface area contributed by atoms with Crippen LogP contribution in [0.3, 0.4) is 0 Å². The highest BCUT2D eigenvalue weighted by atomic mass is 35.5. The Morgan fingerprint density at radius 2 is 1.93 bits per heavy atom. The van der Waals surface area contributed by atoms with Gasteiger partial charge in [-0.3, -0.25) is 4.68 Å². The molecule has 0 bridgehead atoms. The molecule has 4 aromatic rings. The van der Waals surface area contributed by atoms with E-state index in [2.05, 4.69) is 20.2 Å². The van der Waals surface area contributed by atoms with Gasteiger partial charge in [0.15, 0.2) is 23.2 Å². The van der Waals surface area contributed by atoms with Crippen molar-refractivity contribution < 1.29 is 38.4 Å². The van der Waals surface area contributed by atoms with Gasteiger partial charge in [-0.1, -0.05) is 23.2 Å². The highest BCUT2D eigenvalue weighted by Gasteiger charge is 2.48. The molecular formula is C25H22Cl2F2N6O6. The number of rotatable bonds is 6. The fraction of sp³-hybridized carbons (Fsp3) is 0.320. The van der Waals surface area contributed by atoms with Gasteiger partial charge < -0.3 is 24.8 Å². The summed E-state index contributed by atoms with van der Waals surface area (Å²) >= 11 is 11.8. The first-order valence-corrected chi connectivity index (χ1v) is 12.8. The molecule has 1 saturated heterocycles. The van der Waals surface area contributed by atoms with Crippen LogP contribution in [0.25, 0.3) is 16.8 Å². The lowest BCUT2D eigenvalue weighted by Crippen LogP contribution is -2.53. The Morgan fingerprint density at radius 1 is 1.17 bits per heavy atom. The second-order valence-electron chi connectivity index (χ2n) is 9.12. The van der Waals surface area contributed by atoms with Crippen molar-refractivity contribution >= 4 is 29.2 Å². The lowest BCUT2D eigenvalue weighted by Gasteiger charge is -2.41. The lowest BCUT2D eigenvalue weighted by molar-refractivity contribution is -0.210. The third-order valence-corrected chi connectivity index (χ3v) is 7.08. The molecule has 0 unspecified atom stereocenters. The number of aryl methyl sites for hydroxylation is 1. The van der Waals surface area contributed by atoms with Gasteiger partial charge in [0.2, 0.25) is 0 Å². The van der Waals surface area contributed by atoms with E-state index in [-0.39, 0.29) is 39.2 Å². The summed E-state index contributed by atoms with van der Waals surface area (Å²) in [5.74, 6) is -3.03. The fourth-order valence-corrected chi connectivity index (χ4v) is 4.95. The molecular weight excluding hydrogens is 589 g/mol. The number of benzene rings is 1. The number of halogens is 4. The van der Waals surface area contributed by atoms with Gasteiger partial charge in [0.05, 0.1) is 30.0 Å². The third-order valence-electron chi connectivity index (χ3n) is 6.58. The molecule has 0 radical (unpaired) electrons. The van der Waals surface area contributed by atoms with E-state index < -0.39 is 59.7 Å². The van der Waals surface area contributed by atoms with E-state index >= 15 is 0 Å². The molecule has 0 saturated carbocycles. The predicted molar refractivity (Wildman–Crippen MR) is 139 cm³/mol. The van der Waals surface area contributed by atoms with Crippen LogP contribution < -0.4 is 0 Å². The summed E-state index contributed by atoms with van der Waals surface area (Å²) in [5.41, 5.74) is -0.102. The highest BCUT2D eigenvalue weighted by molar-refractivity contribution is 6.31. The zero-order chi connectivity index (χ0) is 29.6. The maximum absolute atomic E-state index is 14.6. The summed E-state index contributed by atoms with van der Waals surface area (Å²) < 4.78 is 41.7. The van der Waals surface area contributed by atoms with Crippen molar-refractivity contribution in [3.05, 3.63) is 75.8 Å². The van der Waals surface area contributed by atoms with Gasteiger partial charge in [0.25, 0.3) is 0 Å². The maximum Gasteiger partial charge on any atom is 0.358 e. The molecule has 16 heteroatoms. The van der Waals surface area contributed by atoms with Crippen molar-refractivity contribution in [2.24, 2.45) is 0 Å². The first-order valence-electron chi connectivity index (χ1n) is 12.0. The normalized spacial score (nSPS) is 22.6. The van der Waals surface area contributed by atoms with Gasteiger partial charge in [0, 0.05) is 23.5 Å². The van der Waals surface area contributed by atoms with E-state index in [0.717, 1.165) is 4.68 Å². The van der Waals surface area contributed by atoms with Gasteiger partial charge in [0.1, 0.15) is 42.0 Å². The van der Waals surface area contributed by atoms with Crippen LogP contribution in [0.2, 0.25) is 10.0 Å². The summed E-state index contributed by atoms with van der Waals surface area (Å²) in [6, 6.07) is 2.58. The summed E-state index contributed by atoms with van der Waals surface area (Å²) in [7, 11) is 1.17. The molecule has 1 fully saturated rings. The molecule has 216 valence electrons. The second kappa shape index (κ2) is 11.4. The van der Waals surface area contributed by atoms with E-state index in [0.29, 0.717) is 0 Å². The van der Waals surface area contributed by atoms with Crippen LogP contribution in [0.15, 0.2) is 36.8 Å². The molecule has 1 aromatic carbocycles. The molecule has 41 heavy (non-hydrogen) atoms. The Morgan fingerprint density at radius 3 is 2.63 bits per heavy atom. The van der Waals surface area contributed by atoms with E-state index in [1.807, 2.05) is 0 Å². The number of carbonyl (C=O) groups is 1. The van der Waals surface area contributed by atoms with Crippen LogP contribution in [-0.2, 0) is 9.47 Å². The highest BCUT2D eigenvalue weighted by Crippen LogP contribution is 2.39. The number of carbonyl (C=O) groups excluding carboxylic acids is 1. The lowest BCUT2D eigenvalue weighted by atomic mass is 9.92. The van der Waals surface area contributed by atoms with Crippen molar-refractivity contribution in [2.45, 2.75) is 37.4 Å². The van der Waals surface area contributed by atoms with Gasteiger partial charge in [-0.2, -0.15) is 10.2 Å². The van der Waals surface area contributed by atoms with Crippen LogP contribution in [-0.4, -0.2) is 82.8 Å². The van der Waals surface area contributed by atoms with Gasteiger partial charge in [-0.15, -0.1) is 0 Å². The number of methoxy groups -OCH3 is 1. The summed E-state index contributed by atoms with van der Waals surface area (Å²) in [5, 5.41) is 40.8. The number of esters is 1. The Hall–Kier alpha value is -3.53. The van der Waals surface area contributed by atoms with Crippen molar-refractivity contribution in [1.29, 1.82) is 0 Å².